The van der Waals surface area contributed by atoms with E-state index < -0.39 is 0 Å². The van der Waals surface area contributed by atoms with Crippen LogP contribution in [-0.4, -0.2) is 16.2 Å². The van der Waals surface area contributed by atoms with Crippen molar-refractivity contribution in [1.82, 2.24) is 10.2 Å². The number of nitrogens with one attached hydrogen (secondary N) is 1. The summed E-state index contributed by atoms with van der Waals surface area (Å²) >= 11 is 4.87. The second-order valence-corrected chi connectivity index (χ2v) is 6.28. The Morgan fingerprint density at radius 1 is 1.36 bits per heavy atom. The van der Waals surface area contributed by atoms with Crippen LogP contribution in [0, 0.1) is 11.8 Å². The van der Waals surface area contributed by atoms with E-state index in [-0.39, 0.29) is 0 Å². The van der Waals surface area contributed by atoms with Gasteiger partial charge in [0.25, 0.3) is 0 Å². The third kappa shape index (κ3) is 2.08. The van der Waals surface area contributed by atoms with Crippen LogP contribution in [0.3, 0.4) is 0 Å². The molecule has 3 unspecified atom stereocenters. The number of anilines is 1. The van der Waals surface area contributed by atoms with E-state index in [1.807, 2.05) is 0 Å². The molecule has 1 aromatic rings. The van der Waals surface area contributed by atoms with Crippen molar-refractivity contribution in [1.29, 1.82) is 0 Å². The Hall–Kier alpha value is -0.160. The van der Waals surface area contributed by atoms with E-state index in [2.05, 4.69) is 45.3 Å². The molecule has 2 rings (SSSR count). The summed E-state index contributed by atoms with van der Waals surface area (Å²) in [6.45, 7) is 4.63. The third-order valence-electron chi connectivity index (χ3n) is 3.17. The fraction of sp³-hybridized carbons (Fsp3) is 0.778. The average Bonchev–Trinajstić information content (AvgIpc) is 2.67. The number of hydrogen-bond donors (Lipinski definition) is 1. The number of nitrogens with zero attached hydrogens (tertiary/aromatic N) is 2. The molecule has 1 N–H and O–H groups in total. The highest BCUT2D eigenvalue weighted by molar-refractivity contribution is 9.11. The van der Waals surface area contributed by atoms with Gasteiger partial charge in [-0.2, -0.15) is 0 Å². The second-order valence-electron chi connectivity index (χ2n) is 4.02. The van der Waals surface area contributed by atoms with Gasteiger partial charge in [-0.25, -0.2) is 0 Å². The summed E-state index contributed by atoms with van der Waals surface area (Å²) in [6.07, 6.45) is 2.57. The van der Waals surface area contributed by atoms with Crippen LogP contribution in [-0.2, 0) is 0 Å². The van der Waals surface area contributed by atoms with Crippen LogP contribution in [0.2, 0.25) is 0 Å². The van der Waals surface area contributed by atoms with Crippen LogP contribution in [0.15, 0.2) is 3.92 Å². The van der Waals surface area contributed by atoms with E-state index in [0.717, 1.165) is 20.9 Å². The molecular weight excluding hydrogens is 262 g/mol. The summed E-state index contributed by atoms with van der Waals surface area (Å²) in [7, 11) is 0. The molecule has 1 heterocycles. The van der Waals surface area contributed by atoms with Gasteiger partial charge in [0.2, 0.25) is 5.13 Å². The van der Waals surface area contributed by atoms with Crippen LogP contribution >= 0.6 is 27.3 Å². The van der Waals surface area contributed by atoms with E-state index in [0.29, 0.717) is 6.04 Å². The van der Waals surface area contributed by atoms with Crippen molar-refractivity contribution in [2.24, 2.45) is 11.8 Å². The van der Waals surface area contributed by atoms with Crippen LogP contribution in [0.1, 0.15) is 26.7 Å². The second kappa shape index (κ2) is 4.14. The lowest BCUT2D eigenvalue weighted by Crippen LogP contribution is -2.23. The molecule has 0 radical (unpaired) electrons. The molecule has 1 saturated carbocycles. The van der Waals surface area contributed by atoms with E-state index in [4.69, 9.17) is 0 Å². The Bertz CT molecular complexity index is 315. The van der Waals surface area contributed by atoms with Gasteiger partial charge < -0.3 is 5.32 Å². The maximum Gasteiger partial charge on any atom is 0.206 e. The summed E-state index contributed by atoms with van der Waals surface area (Å²) < 4.78 is 0.846. The Morgan fingerprint density at radius 2 is 2.14 bits per heavy atom. The van der Waals surface area contributed by atoms with Crippen molar-refractivity contribution in [2.45, 2.75) is 32.7 Å². The van der Waals surface area contributed by atoms with E-state index >= 15 is 0 Å². The summed E-state index contributed by atoms with van der Waals surface area (Å²) in [6, 6.07) is 0.574. The maximum absolute atomic E-state index is 4.05. The molecule has 0 bridgehead atoms. The van der Waals surface area contributed by atoms with Gasteiger partial charge in [0.15, 0.2) is 3.92 Å². The third-order valence-corrected chi connectivity index (χ3v) is 4.46. The smallest absolute Gasteiger partial charge is 0.206 e. The first-order valence-corrected chi connectivity index (χ1v) is 6.53. The largest absolute Gasteiger partial charge is 0.357 e. The summed E-state index contributed by atoms with van der Waals surface area (Å²) in [5.74, 6) is 1.56. The number of halogens is 1. The van der Waals surface area contributed by atoms with E-state index in [1.165, 1.54) is 12.8 Å². The molecule has 0 aromatic carbocycles. The van der Waals surface area contributed by atoms with Crippen molar-refractivity contribution >= 4 is 32.4 Å². The first-order valence-electron chi connectivity index (χ1n) is 4.92. The van der Waals surface area contributed by atoms with E-state index in [1.54, 1.807) is 11.3 Å². The minimum atomic E-state index is 0.574. The quantitative estimate of drug-likeness (QED) is 0.901. The van der Waals surface area contributed by atoms with Gasteiger partial charge in [0, 0.05) is 6.04 Å². The highest BCUT2D eigenvalue weighted by Gasteiger charge is 2.30. The molecule has 0 spiro atoms. The molecule has 0 saturated heterocycles. The van der Waals surface area contributed by atoms with Crippen molar-refractivity contribution in [3.05, 3.63) is 3.92 Å². The highest BCUT2D eigenvalue weighted by Crippen LogP contribution is 2.34. The van der Waals surface area contributed by atoms with Gasteiger partial charge in [0.05, 0.1) is 0 Å². The summed E-state index contributed by atoms with van der Waals surface area (Å²) in [5.41, 5.74) is 0. The normalized spacial score (nSPS) is 32.1. The number of rotatable bonds is 2. The minimum Gasteiger partial charge on any atom is -0.357 e. The SMILES string of the molecule is CC1CCC(Nc2nnc(Br)s2)C1C. The van der Waals surface area contributed by atoms with Gasteiger partial charge in [-0.15, -0.1) is 10.2 Å². The van der Waals surface area contributed by atoms with Crippen molar-refractivity contribution in [3.63, 3.8) is 0 Å². The minimum absolute atomic E-state index is 0.574. The molecule has 78 valence electrons. The average molecular weight is 276 g/mol. The van der Waals surface area contributed by atoms with Crippen molar-refractivity contribution in [3.8, 4) is 0 Å². The lowest BCUT2D eigenvalue weighted by Gasteiger charge is -2.18. The van der Waals surface area contributed by atoms with Crippen molar-refractivity contribution < 1.29 is 0 Å². The topological polar surface area (TPSA) is 37.8 Å². The molecule has 3 atom stereocenters. The predicted octanol–water partition coefficient (Wildman–Crippen LogP) is 3.15. The fourth-order valence-corrected chi connectivity index (χ4v) is 3.06. The number of aromatic nitrogens is 2. The lowest BCUT2D eigenvalue weighted by molar-refractivity contribution is 0.435. The molecule has 1 aliphatic carbocycles. The van der Waals surface area contributed by atoms with Crippen LogP contribution in [0.25, 0.3) is 0 Å². The summed E-state index contributed by atoms with van der Waals surface area (Å²) in [4.78, 5) is 0. The van der Waals surface area contributed by atoms with Gasteiger partial charge in [-0.1, -0.05) is 25.2 Å². The molecule has 0 amide bonds. The lowest BCUT2D eigenvalue weighted by atomic mass is 9.98. The number of hydrogen-bond acceptors (Lipinski definition) is 4. The van der Waals surface area contributed by atoms with Gasteiger partial charge in [0.1, 0.15) is 0 Å². The monoisotopic (exact) mass is 275 g/mol. The Labute approximate surface area is 96.4 Å². The Morgan fingerprint density at radius 3 is 2.64 bits per heavy atom. The molecule has 1 aliphatic rings. The molecule has 3 nitrogen and oxygen atoms in total. The highest BCUT2D eigenvalue weighted by atomic mass is 79.9. The molecule has 14 heavy (non-hydrogen) atoms. The first-order chi connectivity index (χ1) is 6.66. The molecular formula is C9H14BrN3S. The molecule has 1 fully saturated rings. The van der Waals surface area contributed by atoms with E-state index in [9.17, 15) is 0 Å². The molecule has 5 heteroatoms. The van der Waals surface area contributed by atoms with Crippen LogP contribution in [0.4, 0.5) is 5.13 Å². The first kappa shape index (κ1) is 10.4. The maximum atomic E-state index is 4.05. The zero-order valence-electron chi connectivity index (χ0n) is 8.33. The standard InChI is InChI=1S/C9H14BrN3S/c1-5-3-4-7(6(5)2)11-9-13-12-8(10)14-9/h5-7H,3-4H2,1-2H3,(H,11,13). The Balaban J connectivity index is 1.98. The van der Waals surface area contributed by atoms with Gasteiger partial charge in [-0.05, 0) is 40.6 Å². The van der Waals surface area contributed by atoms with Gasteiger partial charge in [-0.3, -0.25) is 0 Å². The van der Waals surface area contributed by atoms with Crippen molar-refractivity contribution in [2.75, 3.05) is 5.32 Å². The van der Waals surface area contributed by atoms with Gasteiger partial charge >= 0.3 is 0 Å². The van der Waals surface area contributed by atoms with Crippen LogP contribution in [0.5, 0.6) is 0 Å². The predicted molar refractivity (Wildman–Crippen MR) is 62.6 cm³/mol. The molecule has 0 aliphatic heterocycles. The zero-order chi connectivity index (χ0) is 10.1. The fourth-order valence-electron chi connectivity index (χ4n) is 1.99. The van der Waals surface area contributed by atoms with Crippen LogP contribution < -0.4 is 5.32 Å². The zero-order valence-corrected chi connectivity index (χ0v) is 10.7. The molecule has 1 aromatic heterocycles. The summed E-state index contributed by atoms with van der Waals surface area (Å²) in [5, 5.41) is 12.4. The Kier molecular flexibility index (Phi) is 3.07.